The van der Waals surface area contributed by atoms with Gasteiger partial charge in [-0.05, 0) is 37.6 Å². The van der Waals surface area contributed by atoms with Crippen molar-refractivity contribution in [3.8, 4) is 11.5 Å². The molecule has 31 heavy (non-hydrogen) atoms. The van der Waals surface area contributed by atoms with Crippen LogP contribution in [-0.4, -0.2) is 55.7 Å². The van der Waals surface area contributed by atoms with E-state index in [4.69, 9.17) is 18.9 Å². The van der Waals surface area contributed by atoms with E-state index in [0.717, 1.165) is 16.6 Å². The van der Waals surface area contributed by atoms with Gasteiger partial charge in [-0.3, -0.25) is 0 Å². The number of nitrogens with one attached hydrogen (secondary N) is 1. The van der Waals surface area contributed by atoms with Gasteiger partial charge in [0.2, 0.25) is 0 Å². The van der Waals surface area contributed by atoms with Crippen molar-refractivity contribution >= 4 is 22.4 Å². The first-order valence-corrected chi connectivity index (χ1v) is 10.0. The van der Waals surface area contributed by atoms with E-state index < -0.39 is 5.60 Å². The second kappa shape index (κ2) is 10.4. The fraction of sp³-hybridized carbons (Fsp3) is 0.391. The summed E-state index contributed by atoms with van der Waals surface area (Å²) in [7, 11) is 3.25. The van der Waals surface area contributed by atoms with Crippen molar-refractivity contribution in [2.45, 2.75) is 19.4 Å². The summed E-state index contributed by atoms with van der Waals surface area (Å²) >= 11 is 0. The smallest absolute Gasteiger partial charge is 0.163 e. The Bertz CT molecular complexity index is 1000. The minimum atomic E-state index is -0.942. The van der Waals surface area contributed by atoms with Crippen LogP contribution in [0.5, 0.6) is 11.5 Å². The zero-order valence-corrected chi connectivity index (χ0v) is 18.3. The summed E-state index contributed by atoms with van der Waals surface area (Å²) in [6.45, 7) is 5.19. The maximum Gasteiger partial charge on any atom is 0.163 e. The number of rotatable bonds is 11. The van der Waals surface area contributed by atoms with Crippen LogP contribution in [-0.2, 0) is 15.1 Å². The molecule has 3 rings (SSSR count). The molecule has 0 atom stereocenters. The highest BCUT2D eigenvalue weighted by Gasteiger charge is 2.17. The Hall–Kier alpha value is -2.94. The molecule has 0 unspecified atom stereocenters. The maximum absolute atomic E-state index is 10.3. The van der Waals surface area contributed by atoms with E-state index in [1.165, 1.54) is 6.33 Å². The van der Waals surface area contributed by atoms with Crippen LogP contribution in [0.3, 0.4) is 0 Å². The maximum atomic E-state index is 10.3. The molecule has 0 aliphatic carbocycles. The Labute approximate surface area is 182 Å². The molecule has 3 aromatic rings. The third-order valence-corrected chi connectivity index (χ3v) is 4.62. The average Bonchev–Trinajstić information content (AvgIpc) is 2.74. The van der Waals surface area contributed by atoms with Crippen molar-refractivity contribution in [3.63, 3.8) is 0 Å². The van der Waals surface area contributed by atoms with Gasteiger partial charge in [0.1, 0.15) is 25.4 Å². The van der Waals surface area contributed by atoms with Gasteiger partial charge < -0.3 is 29.4 Å². The van der Waals surface area contributed by atoms with Gasteiger partial charge in [-0.1, -0.05) is 12.1 Å². The fourth-order valence-corrected chi connectivity index (χ4v) is 2.97. The molecular formula is C23H29N3O5. The van der Waals surface area contributed by atoms with Gasteiger partial charge in [-0.15, -0.1) is 0 Å². The van der Waals surface area contributed by atoms with Crippen LogP contribution in [0.15, 0.2) is 42.7 Å². The first kappa shape index (κ1) is 22.7. The SMILES string of the molecule is COCCOc1cc2ncnc(Nc3cccc(C(C)(C)O)c3)c2cc1OCCOC. The number of benzene rings is 2. The van der Waals surface area contributed by atoms with Gasteiger partial charge in [0, 0.05) is 31.4 Å². The first-order valence-electron chi connectivity index (χ1n) is 10.0. The Morgan fingerprint density at radius 2 is 1.58 bits per heavy atom. The lowest BCUT2D eigenvalue weighted by Crippen LogP contribution is -2.15. The van der Waals surface area contributed by atoms with Crippen molar-refractivity contribution in [2.75, 3.05) is 46.0 Å². The highest BCUT2D eigenvalue weighted by Crippen LogP contribution is 2.35. The second-order valence-corrected chi connectivity index (χ2v) is 7.49. The number of ether oxygens (including phenoxy) is 4. The van der Waals surface area contributed by atoms with Crippen LogP contribution in [0, 0.1) is 0 Å². The van der Waals surface area contributed by atoms with E-state index in [2.05, 4.69) is 15.3 Å². The van der Waals surface area contributed by atoms with Gasteiger partial charge in [0.05, 0.1) is 24.3 Å². The van der Waals surface area contributed by atoms with Gasteiger partial charge >= 0.3 is 0 Å². The Kier molecular flexibility index (Phi) is 7.62. The molecule has 8 heteroatoms. The van der Waals surface area contributed by atoms with Crippen molar-refractivity contribution in [3.05, 3.63) is 48.3 Å². The number of aromatic nitrogens is 2. The zero-order valence-electron chi connectivity index (χ0n) is 18.3. The fourth-order valence-electron chi connectivity index (χ4n) is 2.97. The number of hydrogen-bond acceptors (Lipinski definition) is 8. The van der Waals surface area contributed by atoms with Crippen LogP contribution in [0.2, 0.25) is 0 Å². The van der Waals surface area contributed by atoms with Crippen LogP contribution in [0.1, 0.15) is 19.4 Å². The van der Waals surface area contributed by atoms with Gasteiger partial charge in [0.25, 0.3) is 0 Å². The molecule has 2 N–H and O–H groups in total. The summed E-state index contributed by atoms with van der Waals surface area (Å²) in [5.74, 6) is 1.77. The molecule has 0 radical (unpaired) electrons. The number of aliphatic hydroxyl groups is 1. The van der Waals surface area contributed by atoms with Crippen molar-refractivity contribution < 1.29 is 24.1 Å². The largest absolute Gasteiger partial charge is 0.487 e. The average molecular weight is 428 g/mol. The predicted octanol–water partition coefficient (Wildman–Crippen LogP) is 3.65. The van der Waals surface area contributed by atoms with Crippen molar-refractivity contribution in [1.29, 1.82) is 0 Å². The molecule has 0 saturated carbocycles. The Morgan fingerprint density at radius 1 is 0.903 bits per heavy atom. The molecule has 0 bridgehead atoms. The van der Waals surface area contributed by atoms with E-state index in [0.29, 0.717) is 49.3 Å². The first-order chi connectivity index (χ1) is 14.9. The van der Waals surface area contributed by atoms with E-state index in [1.54, 1.807) is 28.1 Å². The molecule has 166 valence electrons. The lowest BCUT2D eigenvalue weighted by atomic mass is 9.98. The minimum Gasteiger partial charge on any atom is -0.487 e. The van der Waals surface area contributed by atoms with Gasteiger partial charge in [0.15, 0.2) is 11.5 Å². The normalized spacial score (nSPS) is 11.5. The summed E-state index contributed by atoms with van der Waals surface area (Å²) < 4.78 is 21.9. The number of anilines is 2. The third-order valence-electron chi connectivity index (χ3n) is 4.62. The standard InChI is InChI=1S/C23H29N3O5/c1-23(2,27)16-6-5-7-17(12-16)26-22-18-13-20(30-10-8-28-3)21(31-11-9-29-4)14-19(18)24-15-25-22/h5-7,12-15,27H,8-11H2,1-4H3,(H,24,25,26). The van der Waals surface area contributed by atoms with Crippen molar-refractivity contribution in [1.82, 2.24) is 9.97 Å². The predicted molar refractivity (Wildman–Crippen MR) is 119 cm³/mol. The summed E-state index contributed by atoms with van der Waals surface area (Å²) in [4.78, 5) is 8.80. The highest BCUT2D eigenvalue weighted by molar-refractivity contribution is 5.93. The number of methoxy groups -OCH3 is 2. The zero-order chi connectivity index (χ0) is 22.3. The van der Waals surface area contributed by atoms with E-state index >= 15 is 0 Å². The topological polar surface area (TPSA) is 95.0 Å². The molecule has 0 aliphatic rings. The molecule has 8 nitrogen and oxygen atoms in total. The quantitative estimate of drug-likeness (QED) is 0.448. The lowest BCUT2D eigenvalue weighted by Gasteiger charge is -2.19. The molecule has 0 spiro atoms. The van der Waals surface area contributed by atoms with Crippen LogP contribution in [0.25, 0.3) is 10.9 Å². The van der Waals surface area contributed by atoms with Crippen molar-refractivity contribution in [2.24, 2.45) is 0 Å². The van der Waals surface area contributed by atoms with Crippen LogP contribution >= 0.6 is 0 Å². The summed E-state index contributed by atoms with van der Waals surface area (Å²) in [6, 6.07) is 11.3. The third kappa shape index (κ3) is 6.04. The summed E-state index contributed by atoms with van der Waals surface area (Å²) in [6.07, 6.45) is 1.49. The molecule has 0 aliphatic heterocycles. The van der Waals surface area contributed by atoms with E-state index in [1.807, 2.05) is 36.4 Å². The highest BCUT2D eigenvalue weighted by atomic mass is 16.5. The molecule has 2 aromatic carbocycles. The molecule has 0 saturated heterocycles. The van der Waals surface area contributed by atoms with Gasteiger partial charge in [-0.2, -0.15) is 0 Å². The van der Waals surface area contributed by atoms with Crippen LogP contribution < -0.4 is 14.8 Å². The monoisotopic (exact) mass is 427 g/mol. The van der Waals surface area contributed by atoms with E-state index in [-0.39, 0.29) is 0 Å². The Balaban J connectivity index is 1.96. The van der Waals surface area contributed by atoms with Gasteiger partial charge in [-0.25, -0.2) is 9.97 Å². The second-order valence-electron chi connectivity index (χ2n) is 7.49. The molecule has 0 amide bonds. The number of nitrogens with zero attached hydrogens (tertiary/aromatic N) is 2. The molecular weight excluding hydrogens is 398 g/mol. The lowest BCUT2D eigenvalue weighted by molar-refractivity contribution is 0.0786. The van der Waals surface area contributed by atoms with Crippen LogP contribution in [0.4, 0.5) is 11.5 Å². The number of hydrogen-bond donors (Lipinski definition) is 2. The Morgan fingerprint density at radius 3 is 2.23 bits per heavy atom. The molecule has 1 aromatic heterocycles. The summed E-state index contributed by atoms with van der Waals surface area (Å²) in [5.41, 5.74) is 1.38. The molecule has 0 fully saturated rings. The number of fused-ring (bicyclic) bond motifs is 1. The minimum absolute atomic E-state index is 0.382. The van der Waals surface area contributed by atoms with E-state index in [9.17, 15) is 5.11 Å². The molecule has 1 heterocycles. The summed E-state index contributed by atoms with van der Waals surface area (Å²) in [5, 5.41) is 14.4.